The van der Waals surface area contributed by atoms with Gasteiger partial charge in [0.2, 0.25) is 0 Å². The first kappa shape index (κ1) is 58.3. The number of benzene rings is 7. The van der Waals surface area contributed by atoms with Gasteiger partial charge >= 0.3 is 37.1 Å². The average Bonchev–Trinajstić information content (AvgIpc) is 1.80. The smallest absolute Gasteiger partial charge is 0.324 e. The minimum Gasteiger partial charge on any atom is -0.324 e. The van der Waals surface area contributed by atoms with Crippen molar-refractivity contribution in [1.82, 2.24) is 39.9 Å². The minimum atomic E-state index is -5.14. The fourth-order valence-electron chi connectivity index (χ4n) is 10.3. The number of halogens is 18. The van der Waals surface area contributed by atoms with Gasteiger partial charge in [0.25, 0.3) is 0 Å². The SMILES string of the molecule is FC(F)(F)c1cccc(C2=C(c3cccc(C(F)(F)F)c3)c3nc2nc2[nH]c(nc4nc(nc5[nH]c(n3)c3ccccc53)C(c3cccc(C(F)(F)F)c3)=C4c3cccc(C(F)(F)F)c3)c(-c3cccc(C(F)(F)F)c3)c2-c2cccc(C(F)(F)F)c2)c1. The van der Waals surface area contributed by atoms with Crippen LogP contribution in [-0.2, 0) is 37.1 Å². The number of rotatable bonds is 6. The lowest BCUT2D eigenvalue weighted by Crippen LogP contribution is -2.06. The lowest BCUT2D eigenvalue weighted by Gasteiger charge is -2.13. The van der Waals surface area contributed by atoms with Gasteiger partial charge in [-0.25, -0.2) is 29.9 Å². The Kier molecular flexibility index (Phi) is 13.8. The maximum Gasteiger partial charge on any atom is 0.416 e. The van der Waals surface area contributed by atoms with E-state index in [4.69, 9.17) is 19.9 Å². The molecule has 5 heterocycles. The van der Waals surface area contributed by atoms with Gasteiger partial charge in [-0.1, -0.05) is 97.1 Å². The molecule has 2 aliphatic rings. The summed E-state index contributed by atoms with van der Waals surface area (Å²) in [5, 5.41) is 0.257. The van der Waals surface area contributed by atoms with E-state index in [2.05, 4.69) is 19.9 Å². The monoisotopic (exact) mass is 1230 g/mol. The van der Waals surface area contributed by atoms with E-state index >= 15 is 0 Å². The van der Waals surface area contributed by atoms with E-state index in [0.29, 0.717) is 72.8 Å². The first-order valence-electron chi connectivity index (χ1n) is 25.6. The van der Waals surface area contributed by atoms with Crippen molar-refractivity contribution in [1.29, 1.82) is 0 Å². The Morgan fingerprint density at radius 3 is 0.693 bits per heavy atom. The molecule has 0 aliphatic carbocycles. The number of fused-ring (bicyclic) bond motifs is 11. The number of hydrogen-bond acceptors (Lipinski definition) is 6. The Bertz CT molecular complexity index is 4440. The van der Waals surface area contributed by atoms with Crippen molar-refractivity contribution in [3.63, 3.8) is 0 Å². The predicted octanol–water partition coefficient (Wildman–Crippen LogP) is 18.5. The molecule has 444 valence electrons. The second-order valence-corrected chi connectivity index (χ2v) is 19.9. The lowest BCUT2D eigenvalue weighted by atomic mass is 9.93. The van der Waals surface area contributed by atoms with Crippen molar-refractivity contribution in [2.75, 3.05) is 0 Å². The fraction of sp³-hybridized carbons (Fsp3) is 0.0968. The van der Waals surface area contributed by atoms with Crippen molar-refractivity contribution in [3.8, 4) is 22.3 Å². The van der Waals surface area contributed by atoms with Gasteiger partial charge in [0, 0.05) is 44.2 Å². The third-order valence-electron chi connectivity index (χ3n) is 14.2. The van der Waals surface area contributed by atoms with Gasteiger partial charge in [-0.2, -0.15) is 79.0 Å². The molecule has 0 radical (unpaired) electrons. The van der Waals surface area contributed by atoms with E-state index in [1.807, 2.05) is 0 Å². The zero-order valence-corrected chi connectivity index (χ0v) is 43.7. The number of nitrogens with zero attached hydrogens (tertiary/aromatic N) is 6. The molecule has 0 unspecified atom stereocenters. The molecule has 12 rings (SSSR count). The van der Waals surface area contributed by atoms with E-state index in [1.165, 1.54) is 24.3 Å². The van der Waals surface area contributed by atoms with Crippen LogP contribution >= 0.6 is 0 Å². The molecule has 3 aromatic heterocycles. The van der Waals surface area contributed by atoms with Crippen molar-refractivity contribution in [2.24, 2.45) is 0 Å². The number of alkyl halides is 18. The van der Waals surface area contributed by atoms with Crippen LogP contribution in [0.4, 0.5) is 79.0 Å². The van der Waals surface area contributed by atoms with Gasteiger partial charge in [0.15, 0.2) is 23.3 Å². The molecule has 0 saturated heterocycles. The fourth-order valence-corrected chi connectivity index (χ4v) is 10.3. The number of aromatic nitrogens is 8. The molecule has 8 nitrogen and oxygen atoms in total. The van der Waals surface area contributed by atoms with Crippen molar-refractivity contribution in [3.05, 3.63) is 249 Å². The molecule has 8 bridgehead atoms. The largest absolute Gasteiger partial charge is 0.416 e. The number of H-pyrrole nitrogens is 2. The maximum atomic E-state index is 14.8. The molecule has 7 aromatic carbocycles. The summed E-state index contributed by atoms with van der Waals surface area (Å²) in [4.78, 5) is 34.0. The molecule has 0 fully saturated rings. The summed E-state index contributed by atoms with van der Waals surface area (Å²) in [5.41, 5.74) is -15.4. The predicted molar refractivity (Wildman–Crippen MR) is 286 cm³/mol. The molecule has 0 spiro atoms. The molecule has 0 amide bonds. The quantitative estimate of drug-likeness (QED) is 0.161. The Hall–Kier alpha value is -10.1. The zero-order valence-electron chi connectivity index (χ0n) is 43.7. The van der Waals surface area contributed by atoms with Crippen LogP contribution in [-0.4, -0.2) is 39.9 Å². The first-order chi connectivity index (χ1) is 41.4. The average molecular weight is 1230 g/mol. The summed E-state index contributed by atoms with van der Waals surface area (Å²) in [5.74, 6) is -2.62. The summed E-state index contributed by atoms with van der Waals surface area (Å²) in [6.07, 6.45) is -30.6. The van der Waals surface area contributed by atoms with Crippen molar-refractivity contribution >= 4 is 55.7 Å². The van der Waals surface area contributed by atoms with E-state index in [0.717, 1.165) is 72.8 Å². The van der Waals surface area contributed by atoms with Gasteiger partial charge in [0.1, 0.15) is 22.6 Å². The van der Waals surface area contributed by atoms with Gasteiger partial charge in [-0.05, 0) is 106 Å². The van der Waals surface area contributed by atoms with E-state index < -0.39 is 161 Å². The van der Waals surface area contributed by atoms with Crippen molar-refractivity contribution < 1.29 is 79.0 Å². The maximum absolute atomic E-state index is 14.8. The van der Waals surface area contributed by atoms with Gasteiger partial charge in [-0.3, -0.25) is 0 Å². The molecular weight excluding hydrogens is 1200 g/mol. The summed E-state index contributed by atoms with van der Waals surface area (Å²) in [7, 11) is 0. The topological polar surface area (TPSA) is 109 Å². The highest BCUT2D eigenvalue weighted by molar-refractivity contribution is 6.09. The second kappa shape index (κ2) is 20.8. The summed E-state index contributed by atoms with van der Waals surface area (Å²) >= 11 is 0. The third-order valence-corrected chi connectivity index (χ3v) is 14.2. The molecule has 88 heavy (non-hydrogen) atoms. The molecule has 2 N–H and O–H groups in total. The second-order valence-electron chi connectivity index (χ2n) is 19.9. The highest BCUT2D eigenvalue weighted by Crippen LogP contribution is 2.47. The van der Waals surface area contributed by atoms with E-state index in [9.17, 15) is 79.0 Å². The van der Waals surface area contributed by atoms with Crippen LogP contribution in [0.15, 0.2) is 170 Å². The zero-order chi connectivity index (χ0) is 62.6. The summed E-state index contributed by atoms with van der Waals surface area (Å²) in [6.45, 7) is 0. The molecule has 2 aliphatic heterocycles. The molecule has 10 aromatic rings. The van der Waals surface area contributed by atoms with Gasteiger partial charge < -0.3 is 9.97 Å². The van der Waals surface area contributed by atoms with Crippen LogP contribution < -0.4 is 0 Å². The van der Waals surface area contributed by atoms with Gasteiger partial charge in [-0.15, -0.1) is 0 Å². The Balaban J connectivity index is 1.35. The van der Waals surface area contributed by atoms with Crippen molar-refractivity contribution in [2.45, 2.75) is 37.1 Å². The van der Waals surface area contributed by atoms with Crippen LogP contribution in [0, 0.1) is 0 Å². The Morgan fingerprint density at radius 2 is 0.443 bits per heavy atom. The Labute approximate surface area is 481 Å². The lowest BCUT2D eigenvalue weighted by molar-refractivity contribution is -0.138. The summed E-state index contributed by atoms with van der Waals surface area (Å²) in [6, 6.07) is 25.8. The van der Waals surface area contributed by atoms with Crippen LogP contribution in [0.2, 0.25) is 0 Å². The van der Waals surface area contributed by atoms with Gasteiger partial charge in [0.05, 0.1) is 33.4 Å². The van der Waals surface area contributed by atoms with Crippen LogP contribution in [0.1, 0.15) is 78.9 Å². The number of aromatic amines is 2. The highest BCUT2D eigenvalue weighted by atomic mass is 19.4. The first-order valence-corrected chi connectivity index (χ1v) is 25.6. The summed E-state index contributed by atoms with van der Waals surface area (Å²) < 4.78 is 266. The molecular formula is C62H30F18N8. The minimum absolute atomic E-state index is 0.129. The molecule has 0 atom stereocenters. The Morgan fingerprint density at radius 1 is 0.227 bits per heavy atom. The molecule has 0 saturated carbocycles. The number of hydrogen-bond donors (Lipinski definition) is 2. The third kappa shape index (κ3) is 11.0. The standard InChI is InChI=1S/C62H30F18N8/c63-57(64,65)35-15-3-9-29(23-35)43-45(31-11-5-17-37(25-31)59(69,70)71)53-84-51(43)82-49-41-21-1-2-22-42(41)50(81-49)83-52-44(30-10-4-16-36(24-30)58(66,67)68)46(32-12-6-18-38(26-32)60(72,73)74)54(85-52)87-56-48(34-14-8-20-40(28-34)62(78,79)80)47(55(86-53)88-56)33-13-7-19-39(27-33)61(75,76)77/h1-28H,(H2,81,82,83,84,85,86,87,88). The van der Waals surface area contributed by atoms with Crippen LogP contribution in [0.25, 0.3) is 77.9 Å². The van der Waals surface area contributed by atoms with E-state index in [1.54, 1.807) is 0 Å². The normalized spacial score (nSPS) is 13.7. The highest BCUT2D eigenvalue weighted by Gasteiger charge is 2.39. The molecule has 26 heteroatoms. The van der Waals surface area contributed by atoms with Crippen LogP contribution in [0.3, 0.4) is 0 Å². The number of nitrogens with one attached hydrogen (secondary N) is 2. The van der Waals surface area contributed by atoms with Crippen LogP contribution in [0.5, 0.6) is 0 Å². The van der Waals surface area contributed by atoms with E-state index in [-0.39, 0.29) is 33.2 Å².